The van der Waals surface area contributed by atoms with Gasteiger partial charge in [-0.05, 0) is 18.1 Å². The van der Waals surface area contributed by atoms with Gasteiger partial charge in [0.2, 0.25) is 5.91 Å². The molecule has 0 spiro atoms. The molecule has 9 heteroatoms. The quantitative estimate of drug-likeness (QED) is 0.356. The molecule has 0 aliphatic heterocycles. The Balaban J connectivity index is 0.00000312. The zero-order valence-electron chi connectivity index (χ0n) is 13.8. The van der Waals surface area contributed by atoms with E-state index in [4.69, 9.17) is 10.8 Å². The number of nitrogens with one attached hydrogen (secondary N) is 2. The molecule has 0 fully saturated rings. The molecule has 1 aromatic carbocycles. The van der Waals surface area contributed by atoms with E-state index in [1.165, 1.54) is 0 Å². The number of rotatable bonds is 8. The second kappa shape index (κ2) is 9.57. The van der Waals surface area contributed by atoms with Crippen LogP contribution in [0.2, 0.25) is 0 Å². The molecule has 0 aliphatic carbocycles. The number of amides is 1. The monoisotopic (exact) mass is 355 g/mol. The van der Waals surface area contributed by atoms with Crippen LogP contribution >= 0.6 is 0 Å². The number of aliphatic carboxylic acids is 2. The number of benzene rings is 1. The summed E-state index contributed by atoms with van der Waals surface area (Å²) in [7, 11) is 0. The van der Waals surface area contributed by atoms with Crippen molar-refractivity contribution in [2.45, 2.75) is 31.3 Å². The number of hydrogen-bond acceptors (Lipinski definition) is 5. The van der Waals surface area contributed by atoms with E-state index in [2.05, 4.69) is 10.3 Å². The first-order valence-corrected chi connectivity index (χ1v) is 7.42. The van der Waals surface area contributed by atoms with Crippen LogP contribution in [0, 0.1) is 0 Å². The van der Waals surface area contributed by atoms with E-state index < -0.39 is 29.9 Å². The van der Waals surface area contributed by atoms with Gasteiger partial charge in [-0.3, -0.25) is 9.59 Å². The standard InChI is InChI=1S/C16H19N3O5.Na/c17-11(5-6-14(20)21)15(22)19-13(16(23)24)7-9-8-18-12-4-2-1-3-10(9)12;/h1-4,8,11,13,18H,5-7,17H2,(H,19,22)(H,20,21)(H,23,24);/q;+1/p-1/t11-,13+;/m1./s1. The van der Waals surface area contributed by atoms with Crippen LogP contribution in [0.4, 0.5) is 0 Å². The normalized spacial score (nSPS) is 12.8. The Morgan fingerprint density at radius 1 is 1.28 bits per heavy atom. The Hall–Kier alpha value is -1.87. The molecule has 25 heavy (non-hydrogen) atoms. The molecule has 1 aromatic heterocycles. The van der Waals surface area contributed by atoms with Crippen molar-refractivity contribution in [2.24, 2.45) is 5.73 Å². The Morgan fingerprint density at radius 2 is 1.96 bits per heavy atom. The first kappa shape index (κ1) is 21.2. The molecule has 1 amide bonds. The van der Waals surface area contributed by atoms with E-state index in [9.17, 15) is 19.5 Å². The molecule has 8 nitrogen and oxygen atoms in total. The summed E-state index contributed by atoms with van der Waals surface area (Å²) in [5, 5.41) is 23.1. The molecule has 2 atom stereocenters. The van der Waals surface area contributed by atoms with Crippen LogP contribution in [0.25, 0.3) is 10.9 Å². The number of carbonyl (C=O) groups is 3. The summed E-state index contributed by atoms with van der Waals surface area (Å²) in [6, 6.07) is 5.02. The topological polar surface area (TPSA) is 148 Å². The van der Waals surface area contributed by atoms with E-state index >= 15 is 0 Å². The molecule has 0 radical (unpaired) electrons. The number of carboxylic acid groups (broad SMARTS) is 2. The maximum Gasteiger partial charge on any atom is 1.00 e. The summed E-state index contributed by atoms with van der Waals surface area (Å²) in [6.45, 7) is 0. The van der Waals surface area contributed by atoms with Crippen LogP contribution in [0.15, 0.2) is 30.5 Å². The van der Waals surface area contributed by atoms with Crippen molar-refractivity contribution in [2.75, 3.05) is 0 Å². The molecule has 2 aromatic rings. The average molecular weight is 355 g/mol. The number of aromatic nitrogens is 1. The van der Waals surface area contributed by atoms with Crippen molar-refractivity contribution < 1.29 is 54.2 Å². The van der Waals surface area contributed by atoms with Crippen molar-refractivity contribution >= 4 is 28.7 Å². The van der Waals surface area contributed by atoms with Crippen LogP contribution in [0.5, 0.6) is 0 Å². The van der Waals surface area contributed by atoms with Gasteiger partial charge in [-0.2, -0.15) is 0 Å². The fraction of sp³-hybridized carbons (Fsp3) is 0.312. The molecule has 1 heterocycles. The number of para-hydroxylation sites is 1. The zero-order valence-corrected chi connectivity index (χ0v) is 15.8. The molecular weight excluding hydrogens is 337 g/mol. The van der Waals surface area contributed by atoms with Gasteiger partial charge in [0, 0.05) is 29.9 Å². The summed E-state index contributed by atoms with van der Waals surface area (Å²) in [5.41, 5.74) is 7.16. The number of aromatic amines is 1. The largest absolute Gasteiger partial charge is 1.00 e. The average Bonchev–Trinajstić information content (AvgIpc) is 2.94. The van der Waals surface area contributed by atoms with Gasteiger partial charge < -0.3 is 31.0 Å². The van der Waals surface area contributed by atoms with Crippen LogP contribution in [0.1, 0.15) is 18.4 Å². The maximum absolute atomic E-state index is 11.9. The maximum atomic E-state index is 11.9. The predicted molar refractivity (Wildman–Crippen MR) is 83.8 cm³/mol. The molecular formula is C16H18N3NaO5. The summed E-state index contributed by atoms with van der Waals surface area (Å²) < 4.78 is 0. The summed E-state index contributed by atoms with van der Waals surface area (Å²) >= 11 is 0. The number of nitrogens with two attached hydrogens (primary N) is 1. The number of carbonyl (C=O) groups excluding carboxylic acids is 2. The summed E-state index contributed by atoms with van der Waals surface area (Å²) in [5.74, 6) is -3.22. The molecule has 5 N–H and O–H groups in total. The molecule has 0 unspecified atom stereocenters. The molecule has 128 valence electrons. The number of hydrogen-bond donors (Lipinski definition) is 4. The van der Waals surface area contributed by atoms with Gasteiger partial charge in [-0.25, -0.2) is 0 Å². The fourth-order valence-electron chi connectivity index (χ4n) is 2.40. The SMILES string of the molecule is N[C@H](CCC(=O)O)C(=O)N[C@@H](Cc1c[nH]c2ccccc12)C(=O)[O-].[Na+]. The third kappa shape index (κ3) is 5.86. The second-order valence-electron chi connectivity index (χ2n) is 5.48. The number of H-pyrrole nitrogens is 1. The molecule has 0 bridgehead atoms. The minimum atomic E-state index is -1.43. The minimum Gasteiger partial charge on any atom is -0.548 e. The van der Waals surface area contributed by atoms with Crippen molar-refractivity contribution in [1.29, 1.82) is 0 Å². The fourth-order valence-corrected chi connectivity index (χ4v) is 2.40. The van der Waals surface area contributed by atoms with E-state index in [0.29, 0.717) is 0 Å². The van der Waals surface area contributed by atoms with Gasteiger partial charge in [0.1, 0.15) is 0 Å². The Kier molecular flexibility index (Phi) is 8.11. The molecule has 0 saturated carbocycles. The van der Waals surface area contributed by atoms with Crippen LogP contribution < -0.4 is 45.7 Å². The van der Waals surface area contributed by atoms with E-state index in [1.54, 1.807) is 6.20 Å². The first-order valence-electron chi connectivity index (χ1n) is 7.42. The molecule has 2 rings (SSSR count). The Labute approximate surface area is 166 Å². The Bertz CT molecular complexity index is 761. The van der Waals surface area contributed by atoms with Crippen molar-refractivity contribution in [3.05, 3.63) is 36.0 Å². The Morgan fingerprint density at radius 3 is 2.60 bits per heavy atom. The van der Waals surface area contributed by atoms with Crippen molar-refractivity contribution in [3.63, 3.8) is 0 Å². The number of carboxylic acids is 2. The number of fused-ring (bicyclic) bond motifs is 1. The summed E-state index contributed by atoms with van der Waals surface area (Å²) in [4.78, 5) is 36.8. The van der Waals surface area contributed by atoms with Gasteiger partial charge >= 0.3 is 35.5 Å². The van der Waals surface area contributed by atoms with Gasteiger partial charge in [0.25, 0.3) is 0 Å². The third-order valence-corrected chi connectivity index (χ3v) is 3.71. The van der Waals surface area contributed by atoms with Crippen LogP contribution in [-0.4, -0.2) is 40.0 Å². The van der Waals surface area contributed by atoms with Crippen molar-refractivity contribution in [1.82, 2.24) is 10.3 Å². The third-order valence-electron chi connectivity index (χ3n) is 3.71. The smallest absolute Gasteiger partial charge is 0.548 e. The molecule has 0 saturated heterocycles. The molecule has 0 aliphatic rings. The predicted octanol–water partition coefficient (Wildman–Crippen LogP) is -3.86. The van der Waals surface area contributed by atoms with E-state index in [0.717, 1.165) is 16.5 Å². The van der Waals surface area contributed by atoms with E-state index in [-0.39, 0.29) is 48.8 Å². The van der Waals surface area contributed by atoms with Gasteiger partial charge in [-0.1, -0.05) is 18.2 Å². The van der Waals surface area contributed by atoms with Gasteiger partial charge in [0.15, 0.2) is 0 Å². The minimum absolute atomic E-state index is 0. The van der Waals surface area contributed by atoms with Crippen LogP contribution in [-0.2, 0) is 20.8 Å². The van der Waals surface area contributed by atoms with Gasteiger partial charge in [-0.15, -0.1) is 0 Å². The van der Waals surface area contributed by atoms with Gasteiger partial charge in [0.05, 0.1) is 18.1 Å². The van der Waals surface area contributed by atoms with Crippen LogP contribution in [0.3, 0.4) is 0 Å². The second-order valence-corrected chi connectivity index (χ2v) is 5.48. The first-order chi connectivity index (χ1) is 11.4. The summed E-state index contributed by atoms with van der Waals surface area (Å²) in [6.07, 6.45) is 1.36. The zero-order chi connectivity index (χ0) is 17.7. The van der Waals surface area contributed by atoms with E-state index in [1.807, 2.05) is 24.3 Å². The van der Waals surface area contributed by atoms with Crippen molar-refractivity contribution in [3.8, 4) is 0 Å².